The summed E-state index contributed by atoms with van der Waals surface area (Å²) < 4.78 is 7.40. The number of carbonyl (C=O) groups is 1. The van der Waals surface area contributed by atoms with Crippen molar-refractivity contribution in [2.45, 2.75) is 46.3 Å². The number of nitrogens with zero attached hydrogens (tertiary/aromatic N) is 2. The molecule has 1 N–H and O–H groups in total. The van der Waals surface area contributed by atoms with Gasteiger partial charge in [0.25, 0.3) is 0 Å². The number of alkyl carbamates (subject to hydrolysis) is 1. The van der Waals surface area contributed by atoms with Crippen LogP contribution >= 0.6 is 0 Å². The van der Waals surface area contributed by atoms with Gasteiger partial charge in [0.2, 0.25) is 0 Å². The molecule has 118 valence electrons. The molecule has 2 rings (SSSR count). The third kappa shape index (κ3) is 4.10. The van der Waals surface area contributed by atoms with E-state index in [0.29, 0.717) is 0 Å². The molecule has 2 aromatic rings. The summed E-state index contributed by atoms with van der Waals surface area (Å²) in [6, 6.07) is 7.91. The second-order valence-corrected chi connectivity index (χ2v) is 6.36. The average Bonchev–Trinajstić information content (AvgIpc) is 2.83. The Kier molecular flexibility index (Phi) is 4.54. The van der Waals surface area contributed by atoms with E-state index in [1.165, 1.54) is 0 Å². The fourth-order valence-electron chi connectivity index (χ4n) is 2.12. The van der Waals surface area contributed by atoms with Crippen molar-refractivity contribution in [3.63, 3.8) is 0 Å². The fourth-order valence-corrected chi connectivity index (χ4v) is 2.12. The molecule has 22 heavy (non-hydrogen) atoms. The van der Waals surface area contributed by atoms with Gasteiger partial charge in [0, 0.05) is 23.6 Å². The van der Waals surface area contributed by atoms with Crippen molar-refractivity contribution < 1.29 is 9.53 Å². The minimum atomic E-state index is -0.408. The first kappa shape index (κ1) is 16.1. The SMILES string of the molecule is Cc1nccn1-c1ccc([C@H](C)OC(=O)NC(C)(C)C)cc1. The van der Waals surface area contributed by atoms with E-state index in [-0.39, 0.29) is 11.6 Å². The van der Waals surface area contributed by atoms with Crippen molar-refractivity contribution in [3.05, 3.63) is 48.0 Å². The Balaban J connectivity index is 2.04. The molecule has 0 aliphatic carbocycles. The van der Waals surface area contributed by atoms with Gasteiger partial charge >= 0.3 is 6.09 Å². The molecule has 1 amide bonds. The lowest BCUT2D eigenvalue weighted by Crippen LogP contribution is -2.41. The van der Waals surface area contributed by atoms with Gasteiger partial charge in [-0.1, -0.05) is 12.1 Å². The molecular formula is C17H23N3O2. The van der Waals surface area contributed by atoms with E-state index < -0.39 is 6.09 Å². The number of ether oxygens (including phenoxy) is 1. The molecule has 0 spiro atoms. The number of rotatable bonds is 3. The van der Waals surface area contributed by atoms with E-state index in [4.69, 9.17) is 4.74 Å². The van der Waals surface area contributed by atoms with Gasteiger partial charge in [-0.3, -0.25) is 0 Å². The van der Waals surface area contributed by atoms with Gasteiger partial charge in [-0.25, -0.2) is 9.78 Å². The number of aryl methyl sites for hydroxylation is 1. The average molecular weight is 301 g/mol. The van der Waals surface area contributed by atoms with Crippen molar-refractivity contribution in [3.8, 4) is 5.69 Å². The number of amides is 1. The first-order chi connectivity index (χ1) is 10.3. The van der Waals surface area contributed by atoms with Crippen LogP contribution in [0.15, 0.2) is 36.7 Å². The van der Waals surface area contributed by atoms with Crippen LogP contribution in [0.4, 0.5) is 4.79 Å². The van der Waals surface area contributed by atoms with Crippen molar-refractivity contribution in [2.24, 2.45) is 0 Å². The van der Waals surface area contributed by atoms with E-state index in [1.807, 2.05) is 69.6 Å². The lowest BCUT2D eigenvalue weighted by Gasteiger charge is -2.22. The molecule has 0 saturated heterocycles. The monoisotopic (exact) mass is 301 g/mol. The van der Waals surface area contributed by atoms with E-state index in [1.54, 1.807) is 6.20 Å². The van der Waals surface area contributed by atoms with Crippen molar-refractivity contribution >= 4 is 6.09 Å². The minimum absolute atomic E-state index is 0.305. The molecule has 1 heterocycles. The quantitative estimate of drug-likeness (QED) is 0.939. The number of carbonyl (C=O) groups excluding carboxylic acids is 1. The maximum absolute atomic E-state index is 11.8. The van der Waals surface area contributed by atoms with E-state index in [2.05, 4.69) is 10.3 Å². The fraction of sp³-hybridized carbons (Fsp3) is 0.412. The van der Waals surface area contributed by atoms with Gasteiger partial charge in [0.1, 0.15) is 11.9 Å². The summed E-state index contributed by atoms with van der Waals surface area (Å²) in [4.78, 5) is 16.0. The Hall–Kier alpha value is -2.30. The Morgan fingerprint density at radius 2 is 1.91 bits per heavy atom. The molecule has 1 aromatic carbocycles. The molecule has 0 unspecified atom stereocenters. The first-order valence-corrected chi connectivity index (χ1v) is 7.35. The molecule has 1 aromatic heterocycles. The summed E-state index contributed by atoms with van der Waals surface area (Å²) in [5, 5.41) is 2.79. The lowest BCUT2D eigenvalue weighted by atomic mass is 10.1. The smallest absolute Gasteiger partial charge is 0.408 e. The van der Waals surface area contributed by atoms with Crippen LogP contribution in [0.5, 0.6) is 0 Å². The molecule has 0 fully saturated rings. The van der Waals surface area contributed by atoms with Crippen LogP contribution in [0.3, 0.4) is 0 Å². The molecule has 0 aliphatic heterocycles. The normalized spacial score (nSPS) is 12.8. The maximum atomic E-state index is 11.8. The van der Waals surface area contributed by atoms with Crippen LogP contribution in [-0.2, 0) is 4.74 Å². The second kappa shape index (κ2) is 6.22. The van der Waals surface area contributed by atoms with E-state index in [0.717, 1.165) is 17.1 Å². The number of imidazole rings is 1. The molecule has 0 radical (unpaired) electrons. The predicted molar refractivity (Wildman–Crippen MR) is 86.1 cm³/mol. The van der Waals surface area contributed by atoms with Crippen molar-refractivity contribution in [2.75, 3.05) is 0 Å². The zero-order valence-electron chi connectivity index (χ0n) is 13.8. The molecular weight excluding hydrogens is 278 g/mol. The number of aromatic nitrogens is 2. The van der Waals surface area contributed by atoms with Crippen molar-refractivity contribution in [1.82, 2.24) is 14.9 Å². The van der Waals surface area contributed by atoms with Crippen LogP contribution in [0.25, 0.3) is 5.69 Å². The van der Waals surface area contributed by atoms with Crippen LogP contribution in [0, 0.1) is 6.92 Å². The summed E-state index contributed by atoms with van der Waals surface area (Å²) in [6.07, 6.45) is 2.97. The predicted octanol–water partition coefficient (Wildman–Crippen LogP) is 3.77. The zero-order chi connectivity index (χ0) is 16.3. The minimum Gasteiger partial charge on any atom is -0.442 e. The third-order valence-corrected chi connectivity index (χ3v) is 3.23. The zero-order valence-corrected chi connectivity index (χ0v) is 13.8. The summed E-state index contributed by atoms with van der Waals surface area (Å²) in [7, 11) is 0. The van der Waals surface area contributed by atoms with Gasteiger partial charge in [0.05, 0.1) is 0 Å². The third-order valence-electron chi connectivity index (χ3n) is 3.23. The van der Waals surface area contributed by atoms with Crippen LogP contribution < -0.4 is 5.32 Å². The van der Waals surface area contributed by atoms with Gasteiger partial charge in [-0.05, 0) is 52.3 Å². The summed E-state index contributed by atoms with van der Waals surface area (Å²) in [5.74, 6) is 0.932. The van der Waals surface area contributed by atoms with Crippen LogP contribution in [0.1, 0.15) is 45.2 Å². The van der Waals surface area contributed by atoms with E-state index in [9.17, 15) is 4.79 Å². The number of hydrogen-bond acceptors (Lipinski definition) is 3. The molecule has 1 atom stereocenters. The number of benzene rings is 1. The standard InChI is InChI=1S/C17H23N3O2/c1-12(22-16(21)19-17(3,4)5)14-6-8-15(9-7-14)20-11-10-18-13(20)2/h6-12H,1-5H3,(H,19,21)/t12-/m0/s1. The number of nitrogens with one attached hydrogen (secondary N) is 1. The topological polar surface area (TPSA) is 56.2 Å². The Bertz CT molecular complexity index is 639. The molecule has 0 aliphatic rings. The highest BCUT2D eigenvalue weighted by atomic mass is 16.6. The second-order valence-electron chi connectivity index (χ2n) is 6.36. The van der Waals surface area contributed by atoms with Gasteiger partial charge in [-0.15, -0.1) is 0 Å². The lowest BCUT2D eigenvalue weighted by molar-refractivity contribution is 0.100. The summed E-state index contributed by atoms with van der Waals surface area (Å²) in [6.45, 7) is 9.57. The largest absolute Gasteiger partial charge is 0.442 e. The number of hydrogen-bond donors (Lipinski definition) is 1. The van der Waals surface area contributed by atoms with Gasteiger partial charge in [-0.2, -0.15) is 0 Å². The van der Waals surface area contributed by atoms with Crippen molar-refractivity contribution in [1.29, 1.82) is 0 Å². The Labute approximate surface area is 131 Å². The van der Waals surface area contributed by atoms with Gasteiger partial charge < -0.3 is 14.6 Å². The Morgan fingerprint density at radius 1 is 1.27 bits per heavy atom. The molecule has 5 heteroatoms. The summed E-state index contributed by atoms with van der Waals surface area (Å²) >= 11 is 0. The first-order valence-electron chi connectivity index (χ1n) is 7.35. The maximum Gasteiger partial charge on any atom is 0.408 e. The van der Waals surface area contributed by atoms with E-state index >= 15 is 0 Å². The Morgan fingerprint density at radius 3 is 2.41 bits per heavy atom. The van der Waals surface area contributed by atoms with Crippen LogP contribution in [0.2, 0.25) is 0 Å². The highest BCUT2D eigenvalue weighted by Gasteiger charge is 2.17. The molecule has 0 saturated carbocycles. The van der Waals surface area contributed by atoms with Gasteiger partial charge in [0.15, 0.2) is 0 Å². The molecule has 0 bridgehead atoms. The summed E-state index contributed by atoms with van der Waals surface area (Å²) in [5.41, 5.74) is 1.68. The highest BCUT2D eigenvalue weighted by Crippen LogP contribution is 2.20. The molecule has 5 nitrogen and oxygen atoms in total. The van der Waals surface area contributed by atoms with Crippen LogP contribution in [-0.4, -0.2) is 21.2 Å². The highest BCUT2D eigenvalue weighted by molar-refractivity contribution is 5.68.